The monoisotopic (exact) mass is 703 g/mol. The second kappa shape index (κ2) is 18.5. The summed E-state index contributed by atoms with van der Waals surface area (Å²) in [5, 5.41) is 24.6. The van der Waals surface area contributed by atoms with Crippen molar-refractivity contribution in [2.24, 2.45) is 17.8 Å². The molecule has 3 amide bonds. The van der Waals surface area contributed by atoms with Crippen LogP contribution in [0.2, 0.25) is 0 Å². The van der Waals surface area contributed by atoms with Crippen molar-refractivity contribution in [2.45, 2.75) is 84.4 Å². The van der Waals surface area contributed by atoms with Crippen molar-refractivity contribution < 1.29 is 19.5 Å². The molecule has 52 heavy (non-hydrogen) atoms. The van der Waals surface area contributed by atoms with E-state index >= 15 is 0 Å². The highest BCUT2D eigenvalue weighted by Crippen LogP contribution is 2.26. The molecule has 0 spiro atoms. The molecule has 5 aromatic rings. The summed E-state index contributed by atoms with van der Waals surface area (Å²) in [5.74, 6) is -0.992. The average Bonchev–Trinajstić information content (AvgIpc) is 3.66. The zero-order chi connectivity index (χ0) is 37.0. The number of H-pyrrole nitrogens is 1. The molecule has 0 radical (unpaired) electrons. The number of aliphatic hydroxyl groups is 1. The van der Waals surface area contributed by atoms with E-state index in [2.05, 4.69) is 88.3 Å². The Labute approximate surface area is 307 Å². The SMILES string of the molecule is CC[C@H](C)CNC(=O)C[C@H](O)[C@H](CC(C)C)NC(=O)[C@H](Cc1c[nH]cn1)NC(=O)C(Cc1cccc2ccccc12)Cc1cccc2ccccc12. The van der Waals surface area contributed by atoms with Gasteiger partial charge in [0, 0.05) is 25.1 Å². The van der Waals surface area contributed by atoms with Crippen molar-refractivity contribution in [3.8, 4) is 0 Å². The van der Waals surface area contributed by atoms with Crippen LogP contribution in [0.4, 0.5) is 0 Å². The minimum absolute atomic E-state index is 0.133. The molecule has 5 rings (SSSR count). The number of amides is 3. The predicted octanol–water partition coefficient (Wildman–Crippen LogP) is 6.29. The summed E-state index contributed by atoms with van der Waals surface area (Å²) in [6.45, 7) is 8.65. The highest BCUT2D eigenvalue weighted by Gasteiger charge is 2.31. The topological polar surface area (TPSA) is 136 Å². The van der Waals surface area contributed by atoms with Gasteiger partial charge in [-0.1, -0.05) is 119 Å². The molecule has 9 heteroatoms. The van der Waals surface area contributed by atoms with E-state index in [-0.39, 0.29) is 30.6 Å². The second-order valence-electron chi connectivity index (χ2n) is 14.5. The van der Waals surface area contributed by atoms with E-state index < -0.39 is 30.0 Å². The van der Waals surface area contributed by atoms with Crippen LogP contribution in [0.15, 0.2) is 97.5 Å². The van der Waals surface area contributed by atoms with E-state index in [9.17, 15) is 19.5 Å². The van der Waals surface area contributed by atoms with Gasteiger partial charge in [0.1, 0.15) is 6.04 Å². The van der Waals surface area contributed by atoms with Crippen LogP contribution < -0.4 is 16.0 Å². The number of hydrogen-bond acceptors (Lipinski definition) is 5. The van der Waals surface area contributed by atoms with Crippen LogP contribution in [0.5, 0.6) is 0 Å². The molecule has 0 saturated heterocycles. The van der Waals surface area contributed by atoms with Crippen LogP contribution in [0.1, 0.15) is 63.8 Å². The third-order valence-electron chi connectivity index (χ3n) is 9.92. The summed E-state index contributed by atoms with van der Waals surface area (Å²) in [5.41, 5.74) is 2.72. The van der Waals surface area contributed by atoms with Gasteiger partial charge in [-0.3, -0.25) is 14.4 Å². The third kappa shape index (κ3) is 10.5. The highest BCUT2D eigenvalue weighted by atomic mass is 16.3. The first-order valence-corrected chi connectivity index (χ1v) is 18.6. The van der Waals surface area contributed by atoms with Gasteiger partial charge in [-0.25, -0.2) is 4.98 Å². The Balaban J connectivity index is 1.41. The summed E-state index contributed by atoms with van der Waals surface area (Å²) < 4.78 is 0. The van der Waals surface area contributed by atoms with Gasteiger partial charge in [0.25, 0.3) is 0 Å². The zero-order valence-corrected chi connectivity index (χ0v) is 30.8. The molecule has 9 nitrogen and oxygen atoms in total. The number of imidazole rings is 1. The van der Waals surface area contributed by atoms with Crippen LogP contribution in [-0.4, -0.2) is 57.5 Å². The molecule has 0 saturated carbocycles. The van der Waals surface area contributed by atoms with Gasteiger partial charge in [-0.15, -0.1) is 0 Å². The third-order valence-corrected chi connectivity index (χ3v) is 9.92. The summed E-state index contributed by atoms with van der Waals surface area (Å²) in [6, 6.07) is 27.0. The lowest BCUT2D eigenvalue weighted by molar-refractivity contribution is -0.132. The minimum atomic E-state index is -1.10. The van der Waals surface area contributed by atoms with Gasteiger partial charge < -0.3 is 26.0 Å². The Morgan fingerprint density at radius 2 is 1.37 bits per heavy atom. The first-order chi connectivity index (χ1) is 25.1. The number of rotatable bonds is 18. The quantitative estimate of drug-likeness (QED) is 0.0731. The van der Waals surface area contributed by atoms with E-state index in [0.29, 0.717) is 37.4 Å². The molecule has 4 aromatic carbocycles. The summed E-state index contributed by atoms with van der Waals surface area (Å²) in [7, 11) is 0. The molecule has 0 aliphatic carbocycles. The number of aromatic nitrogens is 2. The summed E-state index contributed by atoms with van der Waals surface area (Å²) in [6.07, 6.45) is 4.48. The van der Waals surface area contributed by atoms with Crippen molar-refractivity contribution in [3.05, 3.63) is 114 Å². The molecule has 274 valence electrons. The van der Waals surface area contributed by atoms with Crippen molar-refractivity contribution in [1.29, 1.82) is 0 Å². The lowest BCUT2D eigenvalue weighted by Gasteiger charge is -2.29. The van der Waals surface area contributed by atoms with Crippen molar-refractivity contribution in [3.63, 3.8) is 0 Å². The molecule has 0 aliphatic rings. The predicted molar refractivity (Wildman–Crippen MR) is 207 cm³/mol. The molecule has 0 unspecified atom stereocenters. The number of fused-ring (bicyclic) bond motifs is 2. The molecule has 0 fully saturated rings. The van der Waals surface area contributed by atoms with Gasteiger partial charge in [0.15, 0.2) is 0 Å². The number of aromatic amines is 1. The number of aliphatic hydroxyl groups excluding tert-OH is 1. The van der Waals surface area contributed by atoms with E-state index in [1.165, 1.54) is 0 Å². The molecule has 1 heterocycles. The molecular formula is C43H53N5O4. The number of carbonyl (C=O) groups excluding carboxylic acids is 3. The molecule has 1 aromatic heterocycles. The molecule has 5 N–H and O–H groups in total. The highest BCUT2D eigenvalue weighted by molar-refractivity contribution is 5.91. The lowest BCUT2D eigenvalue weighted by atomic mass is 9.87. The standard InChI is InChI=1S/C43H53N5O4/c1-5-29(4)25-45-41(50)24-40(49)38(20-28(2)3)47-43(52)39(23-35-26-44-27-46-35)48-42(51)34(21-32-16-10-14-30-12-6-8-18-36(30)32)22-33-17-11-15-31-13-7-9-19-37(31)33/h6-19,26-29,34,38-40,49H,5,20-25H2,1-4H3,(H,44,46)(H,45,50)(H,47,52)(H,48,51)/t29-,38-,39-,40-/m0/s1. The summed E-state index contributed by atoms with van der Waals surface area (Å²) >= 11 is 0. The number of carbonyl (C=O) groups is 3. The van der Waals surface area contributed by atoms with Gasteiger partial charge in [-0.05, 0) is 63.8 Å². The fourth-order valence-corrected chi connectivity index (χ4v) is 6.78. The second-order valence-corrected chi connectivity index (χ2v) is 14.5. The molecular weight excluding hydrogens is 651 g/mol. The minimum Gasteiger partial charge on any atom is -0.390 e. The lowest BCUT2D eigenvalue weighted by Crippen LogP contribution is -2.55. The number of hydrogen-bond donors (Lipinski definition) is 5. The van der Waals surface area contributed by atoms with Gasteiger partial charge in [-0.2, -0.15) is 0 Å². The van der Waals surface area contributed by atoms with Crippen LogP contribution in [-0.2, 0) is 33.6 Å². The Bertz CT molecular complexity index is 1830. The van der Waals surface area contributed by atoms with Gasteiger partial charge in [0.2, 0.25) is 17.7 Å². The molecule has 0 bridgehead atoms. The maximum atomic E-state index is 14.5. The smallest absolute Gasteiger partial charge is 0.243 e. The van der Waals surface area contributed by atoms with Crippen LogP contribution in [0.25, 0.3) is 21.5 Å². The van der Waals surface area contributed by atoms with Crippen molar-refractivity contribution in [1.82, 2.24) is 25.9 Å². The van der Waals surface area contributed by atoms with E-state index in [1.807, 2.05) is 50.2 Å². The van der Waals surface area contributed by atoms with Gasteiger partial charge >= 0.3 is 0 Å². The Morgan fingerprint density at radius 1 is 0.769 bits per heavy atom. The van der Waals surface area contributed by atoms with Crippen LogP contribution in [0.3, 0.4) is 0 Å². The number of nitrogens with one attached hydrogen (secondary N) is 4. The molecule has 4 atom stereocenters. The maximum Gasteiger partial charge on any atom is 0.243 e. The van der Waals surface area contributed by atoms with E-state index in [1.54, 1.807) is 12.5 Å². The van der Waals surface area contributed by atoms with Crippen molar-refractivity contribution in [2.75, 3.05) is 6.54 Å². The number of nitrogens with zero attached hydrogens (tertiary/aromatic N) is 1. The Morgan fingerprint density at radius 3 is 1.92 bits per heavy atom. The van der Waals surface area contributed by atoms with Crippen molar-refractivity contribution >= 4 is 39.3 Å². The average molecular weight is 704 g/mol. The fraction of sp³-hybridized carbons (Fsp3) is 0.395. The number of benzene rings is 4. The summed E-state index contributed by atoms with van der Waals surface area (Å²) in [4.78, 5) is 48.7. The largest absolute Gasteiger partial charge is 0.390 e. The first kappa shape index (κ1) is 38.2. The normalized spacial score (nSPS) is 13.9. The Hall–Kier alpha value is -5.02. The van der Waals surface area contributed by atoms with E-state index in [0.717, 1.165) is 39.1 Å². The molecule has 0 aliphatic heterocycles. The fourth-order valence-electron chi connectivity index (χ4n) is 6.78. The first-order valence-electron chi connectivity index (χ1n) is 18.6. The van der Waals surface area contributed by atoms with Gasteiger partial charge in [0.05, 0.1) is 30.6 Å². The Kier molecular flexibility index (Phi) is 13.6. The van der Waals surface area contributed by atoms with E-state index in [4.69, 9.17) is 0 Å². The van der Waals surface area contributed by atoms with Crippen LogP contribution in [0, 0.1) is 17.8 Å². The zero-order valence-electron chi connectivity index (χ0n) is 30.8. The maximum absolute atomic E-state index is 14.5. The van der Waals surface area contributed by atoms with Crippen LogP contribution >= 0.6 is 0 Å².